The Morgan fingerprint density at radius 2 is 1.75 bits per heavy atom. The van der Waals surface area contributed by atoms with Gasteiger partial charge in [-0.1, -0.05) is 12.1 Å². The maximum Gasteiger partial charge on any atom is 0.411 e. The molecule has 0 bridgehead atoms. The van der Waals surface area contributed by atoms with Gasteiger partial charge in [-0.25, -0.2) is 0 Å². The Kier molecular flexibility index (Phi) is 7.16. The van der Waals surface area contributed by atoms with E-state index in [9.17, 15) is 26.7 Å². The number of halogens is 5. The molecule has 0 aromatic heterocycles. The van der Waals surface area contributed by atoms with Gasteiger partial charge in [0.1, 0.15) is 6.61 Å². The standard InChI is InChI=1S/C18H16F5NO4/c1-26-14-7-6-13(8-15(14)28-17(19)20)24-16(25)12-4-2-11(3-5-12)9-27-10-18(21,22)23/h2-8,17H,9-10H2,1H3,(H,24,25). The summed E-state index contributed by atoms with van der Waals surface area (Å²) in [6.45, 7) is -4.68. The molecule has 0 unspecified atom stereocenters. The highest BCUT2D eigenvalue weighted by molar-refractivity contribution is 6.04. The fourth-order valence-corrected chi connectivity index (χ4v) is 2.18. The number of methoxy groups -OCH3 is 1. The first-order chi connectivity index (χ1) is 13.2. The first-order valence-corrected chi connectivity index (χ1v) is 7.85. The number of ether oxygens (including phenoxy) is 3. The van der Waals surface area contributed by atoms with Gasteiger partial charge in [0.05, 0.1) is 13.7 Å². The average molecular weight is 405 g/mol. The van der Waals surface area contributed by atoms with Crippen molar-refractivity contribution in [3.05, 3.63) is 53.6 Å². The molecule has 0 aliphatic heterocycles. The molecule has 0 aliphatic rings. The Hall–Kier alpha value is -2.88. The SMILES string of the molecule is COc1ccc(NC(=O)c2ccc(COCC(F)(F)F)cc2)cc1OC(F)F. The third-order valence-corrected chi connectivity index (χ3v) is 3.39. The van der Waals surface area contributed by atoms with Crippen molar-refractivity contribution in [1.82, 2.24) is 0 Å². The zero-order valence-corrected chi connectivity index (χ0v) is 14.6. The third-order valence-electron chi connectivity index (χ3n) is 3.39. The van der Waals surface area contributed by atoms with Crippen LogP contribution in [-0.4, -0.2) is 32.4 Å². The summed E-state index contributed by atoms with van der Waals surface area (Å²) in [5, 5.41) is 2.51. The van der Waals surface area contributed by atoms with Crippen molar-refractivity contribution < 1.29 is 41.0 Å². The molecule has 0 aliphatic carbocycles. The van der Waals surface area contributed by atoms with Crippen molar-refractivity contribution in [3.8, 4) is 11.5 Å². The smallest absolute Gasteiger partial charge is 0.411 e. The fraction of sp³-hybridized carbons (Fsp3) is 0.278. The van der Waals surface area contributed by atoms with Crippen LogP contribution in [0.3, 0.4) is 0 Å². The second-order valence-corrected chi connectivity index (χ2v) is 5.50. The molecule has 2 aromatic rings. The topological polar surface area (TPSA) is 56.8 Å². The van der Waals surface area contributed by atoms with Crippen LogP contribution in [0.5, 0.6) is 11.5 Å². The zero-order chi connectivity index (χ0) is 20.7. The van der Waals surface area contributed by atoms with E-state index in [-0.39, 0.29) is 29.4 Å². The van der Waals surface area contributed by atoms with Gasteiger partial charge in [-0.05, 0) is 29.8 Å². The van der Waals surface area contributed by atoms with Crippen molar-refractivity contribution in [3.63, 3.8) is 0 Å². The Balaban J connectivity index is 2.00. The number of benzene rings is 2. The Morgan fingerprint density at radius 3 is 2.32 bits per heavy atom. The Bertz CT molecular complexity index is 794. The molecule has 5 nitrogen and oxygen atoms in total. The molecular weight excluding hydrogens is 389 g/mol. The second-order valence-electron chi connectivity index (χ2n) is 5.50. The van der Waals surface area contributed by atoms with Crippen LogP contribution in [-0.2, 0) is 11.3 Å². The highest BCUT2D eigenvalue weighted by Crippen LogP contribution is 2.31. The van der Waals surface area contributed by atoms with Gasteiger partial charge in [-0.15, -0.1) is 0 Å². The summed E-state index contributed by atoms with van der Waals surface area (Å²) in [6, 6.07) is 9.68. The van der Waals surface area contributed by atoms with E-state index in [0.29, 0.717) is 5.56 Å². The van der Waals surface area contributed by atoms with Crippen molar-refractivity contribution in [1.29, 1.82) is 0 Å². The van der Waals surface area contributed by atoms with Gasteiger partial charge >= 0.3 is 12.8 Å². The van der Waals surface area contributed by atoms with E-state index < -0.39 is 25.3 Å². The molecule has 0 atom stereocenters. The molecule has 0 saturated carbocycles. The molecule has 0 spiro atoms. The van der Waals surface area contributed by atoms with Crippen molar-refractivity contribution in [2.75, 3.05) is 19.0 Å². The average Bonchev–Trinajstić information content (AvgIpc) is 2.61. The largest absolute Gasteiger partial charge is 0.493 e. The van der Waals surface area contributed by atoms with Crippen molar-refractivity contribution in [2.24, 2.45) is 0 Å². The van der Waals surface area contributed by atoms with Crippen molar-refractivity contribution >= 4 is 11.6 Å². The summed E-state index contributed by atoms with van der Waals surface area (Å²) < 4.78 is 74.8. The minimum Gasteiger partial charge on any atom is -0.493 e. The van der Waals surface area contributed by atoms with Gasteiger partial charge in [-0.2, -0.15) is 22.0 Å². The summed E-state index contributed by atoms with van der Waals surface area (Å²) in [5.41, 5.74) is 0.864. The van der Waals surface area contributed by atoms with Crippen LogP contribution in [0.1, 0.15) is 15.9 Å². The molecule has 1 amide bonds. The van der Waals surface area contributed by atoms with Crippen LogP contribution in [0.25, 0.3) is 0 Å². The minimum absolute atomic E-state index is 0.0708. The molecular formula is C18H16F5NO4. The number of amides is 1. The fourth-order valence-electron chi connectivity index (χ4n) is 2.18. The van der Waals surface area contributed by atoms with E-state index in [1.54, 1.807) is 0 Å². The number of carbonyl (C=O) groups is 1. The number of nitrogens with one attached hydrogen (secondary N) is 1. The van der Waals surface area contributed by atoms with Crippen LogP contribution < -0.4 is 14.8 Å². The van der Waals surface area contributed by atoms with Crippen LogP contribution in [0.4, 0.5) is 27.6 Å². The summed E-state index contributed by atoms with van der Waals surface area (Å²) in [6.07, 6.45) is -4.41. The molecule has 0 heterocycles. The van der Waals surface area contributed by atoms with Crippen molar-refractivity contribution in [2.45, 2.75) is 19.4 Å². The van der Waals surface area contributed by atoms with Crippen LogP contribution in [0.2, 0.25) is 0 Å². The first kappa shape index (κ1) is 21.4. The minimum atomic E-state index is -4.41. The highest BCUT2D eigenvalue weighted by Gasteiger charge is 2.27. The molecule has 0 saturated heterocycles. The maximum atomic E-state index is 12.4. The van der Waals surface area contributed by atoms with Gasteiger partial charge in [0.25, 0.3) is 5.91 Å². The summed E-state index contributed by atoms with van der Waals surface area (Å²) in [7, 11) is 1.28. The molecule has 2 aromatic carbocycles. The third kappa shape index (κ3) is 6.69. The molecule has 2 rings (SSSR count). The first-order valence-electron chi connectivity index (χ1n) is 7.85. The molecule has 10 heteroatoms. The maximum absolute atomic E-state index is 12.4. The van der Waals surface area contributed by atoms with Crippen LogP contribution in [0.15, 0.2) is 42.5 Å². The molecule has 1 N–H and O–H groups in total. The number of alkyl halides is 5. The van der Waals surface area contributed by atoms with E-state index in [1.165, 1.54) is 49.6 Å². The van der Waals surface area contributed by atoms with E-state index in [2.05, 4.69) is 14.8 Å². The van der Waals surface area contributed by atoms with Gasteiger partial charge in [0, 0.05) is 17.3 Å². The summed E-state index contributed by atoms with van der Waals surface area (Å²) in [4.78, 5) is 12.2. The summed E-state index contributed by atoms with van der Waals surface area (Å²) in [5.74, 6) is -0.718. The van der Waals surface area contributed by atoms with Crippen LogP contribution in [0, 0.1) is 0 Å². The van der Waals surface area contributed by atoms with E-state index in [4.69, 9.17) is 4.74 Å². The lowest BCUT2D eigenvalue weighted by molar-refractivity contribution is -0.176. The number of hydrogen-bond acceptors (Lipinski definition) is 4. The quantitative estimate of drug-likeness (QED) is 0.651. The lowest BCUT2D eigenvalue weighted by Gasteiger charge is -2.12. The van der Waals surface area contributed by atoms with Crippen LogP contribution >= 0.6 is 0 Å². The normalized spacial score (nSPS) is 11.4. The summed E-state index contributed by atoms with van der Waals surface area (Å²) >= 11 is 0. The second kappa shape index (κ2) is 9.36. The number of carbonyl (C=O) groups excluding carboxylic acids is 1. The molecule has 152 valence electrons. The predicted octanol–water partition coefficient (Wildman–Crippen LogP) is 4.63. The Labute approximate surface area is 157 Å². The van der Waals surface area contributed by atoms with Gasteiger partial charge in [0.2, 0.25) is 0 Å². The predicted molar refractivity (Wildman–Crippen MR) is 89.7 cm³/mol. The van der Waals surface area contributed by atoms with Gasteiger partial charge in [0.15, 0.2) is 11.5 Å². The van der Waals surface area contributed by atoms with E-state index in [1.807, 2.05) is 0 Å². The zero-order valence-electron chi connectivity index (χ0n) is 14.6. The lowest BCUT2D eigenvalue weighted by atomic mass is 10.1. The Morgan fingerprint density at radius 1 is 1.07 bits per heavy atom. The highest BCUT2D eigenvalue weighted by atomic mass is 19.4. The number of anilines is 1. The monoisotopic (exact) mass is 405 g/mol. The van der Waals surface area contributed by atoms with E-state index in [0.717, 1.165) is 0 Å². The molecule has 0 fully saturated rings. The molecule has 28 heavy (non-hydrogen) atoms. The molecule has 0 radical (unpaired) electrons. The van der Waals surface area contributed by atoms with Gasteiger partial charge < -0.3 is 19.5 Å². The number of hydrogen-bond donors (Lipinski definition) is 1. The van der Waals surface area contributed by atoms with Gasteiger partial charge in [-0.3, -0.25) is 4.79 Å². The van der Waals surface area contributed by atoms with E-state index >= 15 is 0 Å². The number of rotatable bonds is 8. The lowest BCUT2D eigenvalue weighted by Crippen LogP contribution is -2.16.